The predicted octanol–water partition coefficient (Wildman–Crippen LogP) is 2.31. The van der Waals surface area contributed by atoms with E-state index < -0.39 is 0 Å². The van der Waals surface area contributed by atoms with Crippen molar-refractivity contribution in [1.82, 2.24) is 10.3 Å². The van der Waals surface area contributed by atoms with E-state index in [0.717, 1.165) is 31.4 Å². The highest BCUT2D eigenvalue weighted by Gasteiger charge is 2.24. The van der Waals surface area contributed by atoms with Crippen LogP contribution < -0.4 is 10.2 Å². The SMILES string of the molecule is CCN(CCNC)c1ncc(C2CC2)cc1C. The Morgan fingerprint density at radius 3 is 2.76 bits per heavy atom. The minimum atomic E-state index is 0.794. The number of likely N-dealkylation sites (N-methyl/N-ethyl adjacent to an activating group) is 2. The van der Waals surface area contributed by atoms with Crippen molar-refractivity contribution in [2.75, 3.05) is 31.6 Å². The normalized spacial score (nSPS) is 15.0. The van der Waals surface area contributed by atoms with Gasteiger partial charge in [-0.05, 0) is 50.8 Å². The molecule has 0 aliphatic heterocycles. The van der Waals surface area contributed by atoms with Crippen molar-refractivity contribution in [3.8, 4) is 0 Å². The lowest BCUT2D eigenvalue weighted by Crippen LogP contribution is -2.31. The molecule has 3 nitrogen and oxygen atoms in total. The van der Waals surface area contributed by atoms with Gasteiger partial charge < -0.3 is 10.2 Å². The molecule has 0 unspecified atom stereocenters. The van der Waals surface area contributed by atoms with Gasteiger partial charge in [0, 0.05) is 25.8 Å². The van der Waals surface area contributed by atoms with Gasteiger partial charge in [0.05, 0.1) is 0 Å². The third kappa shape index (κ3) is 2.97. The molecule has 1 heterocycles. The molecule has 3 heteroatoms. The van der Waals surface area contributed by atoms with Crippen LogP contribution in [-0.4, -0.2) is 31.7 Å². The van der Waals surface area contributed by atoms with E-state index in [1.165, 1.54) is 24.0 Å². The van der Waals surface area contributed by atoms with Crippen molar-refractivity contribution in [2.45, 2.75) is 32.6 Å². The van der Waals surface area contributed by atoms with Crippen LogP contribution in [0, 0.1) is 6.92 Å². The van der Waals surface area contributed by atoms with E-state index in [4.69, 9.17) is 0 Å². The summed E-state index contributed by atoms with van der Waals surface area (Å²) in [6.45, 7) is 7.39. The van der Waals surface area contributed by atoms with Crippen LogP contribution in [0.15, 0.2) is 12.3 Å². The summed E-state index contributed by atoms with van der Waals surface area (Å²) >= 11 is 0. The van der Waals surface area contributed by atoms with E-state index in [2.05, 4.69) is 41.3 Å². The molecule has 0 amide bonds. The van der Waals surface area contributed by atoms with Gasteiger partial charge in [-0.15, -0.1) is 0 Å². The molecule has 0 radical (unpaired) electrons. The van der Waals surface area contributed by atoms with Gasteiger partial charge in [0.25, 0.3) is 0 Å². The lowest BCUT2D eigenvalue weighted by Gasteiger charge is -2.23. The van der Waals surface area contributed by atoms with Gasteiger partial charge in [0.1, 0.15) is 5.82 Å². The smallest absolute Gasteiger partial charge is 0.131 e. The van der Waals surface area contributed by atoms with Crippen LogP contribution in [0.25, 0.3) is 0 Å². The van der Waals surface area contributed by atoms with Crippen LogP contribution in [0.5, 0.6) is 0 Å². The second kappa shape index (κ2) is 5.50. The average Bonchev–Trinajstić information content (AvgIpc) is 3.15. The molecule has 94 valence electrons. The van der Waals surface area contributed by atoms with Crippen molar-refractivity contribution < 1.29 is 0 Å². The first kappa shape index (κ1) is 12.4. The first-order valence-corrected chi connectivity index (χ1v) is 6.62. The molecule has 1 aliphatic rings. The molecule has 1 fully saturated rings. The number of pyridine rings is 1. The monoisotopic (exact) mass is 233 g/mol. The topological polar surface area (TPSA) is 28.2 Å². The van der Waals surface area contributed by atoms with E-state index in [1.54, 1.807) is 0 Å². The molecule has 17 heavy (non-hydrogen) atoms. The van der Waals surface area contributed by atoms with E-state index >= 15 is 0 Å². The lowest BCUT2D eigenvalue weighted by molar-refractivity contribution is 0.727. The van der Waals surface area contributed by atoms with Gasteiger partial charge in [-0.1, -0.05) is 6.07 Å². The molecule has 1 aliphatic carbocycles. The number of aryl methyl sites for hydroxylation is 1. The summed E-state index contributed by atoms with van der Waals surface area (Å²) in [4.78, 5) is 7.00. The van der Waals surface area contributed by atoms with E-state index in [9.17, 15) is 0 Å². The molecular weight excluding hydrogens is 210 g/mol. The maximum absolute atomic E-state index is 4.66. The fraction of sp³-hybridized carbons (Fsp3) is 0.643. The number of hydrogen-bond acceptors (Lipinski definition) is 3. The number of hydrogen-bond donors (Lipinski definition) is 1. The summed E-state index contributed by atoms with van der Waals surface area (Å²) in [6.07, 6.45) is 4.76. The second-order valence-corrected chi connectivity index (χ2v) is 4.87. The summed E-state index contributed by atoms with van der Waals surface area (Å²) in [6, 6.07) is 2.32. The third-order valence-corrected chi connectivity index (χ3v) is 3.43. The Kier molecular flexibility index (Phi) is 4.00. The molecule has 1 N–H and O–H groups in total. The van der Waals surface area contributed by atoms with E-state index in [1.807, 2.05) is 7.05 Å². The second-order valence-electron chi connectivity index (χ2n) is 4.87. The molecule has 0 bridgehead atoms. The molecule has 2 rings (SSSR count). The highest BCUT2D eigenvalue weighted by molar-refractivity contribution is 5.48. The largest absolute Gasteiger partial charge is 0.355 e. The standard InChI is InChI=1S/C14H23N3/c1-4-17(8-7-15-3)14-11(2)9-13(10-16-14)12-5-6-12/h9-10,12,15H,4-8H2,1-3H3. The number of anilines is 1. The van der Waals surface area contributed by atoms with Gasteiger partial charge in [-0.25, -0.2) is 4.98 Å². The van der Waals surface area contributed by atoms with Crippen LogP contribution in [0.2, 0.25) is 0 Å². The minimum absolute atomic E-state index is 0.794. The Morgan fingerprint density at radius 2 is 2.24 bits per heavy atom. The lowest BCUT2D eigenvalue weighted by atomic mass is 10.1. The summed E-state index contributed by atoms with van der Waals surface area (Å²) in [5, 5.41) is 3.19. The van der Waals surface area contributed by atoms with Crippen molar-refractivity contribution in [3.63, 3.8) is 0 Å². The fourth-order valence-corrected chi connectivity index (χ4v) is 2.22. The van der Waals surface area contributed by atoms with Gasteiger partial charge in [-0.2, -0.15) is 0 Å². The number of aromatic nitrogens is 1. The first-order chi connectivity index (χ1) is 8.26. The van der Waals surface area contributed by atoms with Crippen LogP contribution in [0.3, 0.4) is 0 Å². The fourth-order valence-electron chi connectivity index (χ4n) is 2.22. The summed E-state index contributed by atoms with van der Waals surface area (Å²) in [5.74, 6) is 1.94. The van der Waals surface area contributed by atoms with Crippen molar-refractivity contribution in [1.29, 1.82) is 0 Å². The Balaban J connectivity index is 2.12. The van der Waals surface area contributed by atoms with E-state index in [0.29, 0.717) is 0 Å². The van der Waals surface area contributed by atoms with Gasteiger partial charge >= 0.3 is 0 Å². The Hall–Kier alpha value is -1.09. The molecular formula is C14H23N3. The summed E-state index contributed by atoms with van der Waals surface area (Å²) in [5.41, 5.74) is 2.74. The predicted molar refractivity (Wildman–Crippen MR) is 72.8 cm³/mol. The summed E-state index contributed by atoms with van der Waals surface area (Å²) in [7, 11) is 1.99. The Labute approximate surface area is 104 Å². The zero-order valence-electron chi connectivity index (χ0n) is 11.2. The maximum atomic E-state index is 4.66. The van der Waals surface area contributed by atoms with Crippen molar-refractivity contribution >= 4 is 5.82 Å². The zero-order chi connectivity index (χ0) is 12.3. The molecule has 1 aromatic rings. The Morgan fingerprint density at radius 1 is 1.47 bits per heavy atom. The molecule has 0 spiro atoms. The quantitative estimate of drug-likeness (QED) is 0.817. The van der Waals surface area contributed by atoms with E-state index in [-0.39, 0.29) is 0 Å². The minimum Gasteiger partial charge on any atom is -0.355 e. The molecule has 0 aromatic carbocycles. The molecule has 0 saturated heterocycles. The van der Waals surface area contributed by atoms with Gasteiger partial charge in [0.15, 0.2) is 0 Å². The van der Waals surface area contributed by atoms with Crippen molar-refractivity contribution in [2.24, 2.45) is 0 Å². The third-order valence-electron chi connectivity index (χ3n) is 3.43. The van der Waals surface area contributed by atoms with Crippen molar-refractivity contribution in [3.05, 3.63) is 23.4 Å². The Bertz CT molecular complexity index is 372. The molecule has 0 atom stereocenters. The zero-order valence-corrected chi connectivity index (χ0v) is 11.2. The van der Waals surface area contributed by atoms with Crippen LogP contribution >= 0.6 is 0 Å². The molecule has 1 aromatic heterocycles. The number of nitrogens with one attached hydrogen (secondary N) is 1. The van der Waals surface area contributed by atoms with Gasteiger partial charge in [0.2, 0.25) is 0 Å². The number of rotatable bonds is 6. The van der Waals surface area contributed by atoms with Crippen LogP contribution in [0.1, 0.15) is 36.8 Å². The first-order valence-electron chi connectivity index (χ1n) is 6.62. The average molecular weight is 233 g/mol. The highest BCUT2D eigenvalue weighted by atomic mass is 15.2. The van der Waals surface area contributed by atoms with Crippen LogP contribution in [-0.2, 0) is 0 Å². The maximum Gasteiger partial charge on any atom is 0.131 e. The molecule has 1 saturated carbocycles. The van der Waals surface area contributed by atoms with Gasteiger partial charge in [-0.3, -0.25) is 0 Å². The highest BCUT2D eigenvalue weighted by Crippen LogP contribution is 2.40. The summed E-state index contributed by atoms with van der Waals surface area (Å²) < 4.78 is 0. The number of nitrogens with zero attached hydrogens (tertiary/aromatic N) is 2. The van der Waals surface area contributed by atoms with Crippen LogP contribution in [0.4, 0.5) is 5.82 Å².